The van der Waals surface area contributed by atoms with E-state index in [0.29, 0.717) is 12.0 Å². The smallest absolute Gasteiger partial charge is 0.191 e. The van der Waals surface area contributed by atoms with E-state index in [1.165, 1.54) is 25.7 Å². The van der Waals surface area contributed by atoms with E-state index < -0.39 is 0 Å². The van der Waals surface area contributed by atoms with Crippen LogP contribution in [-0.2, 0) is 9.47 Å². The summed E-state index contributed by atoms with van der Waals surface area (Å²) < 4.78 is 11.2. The van der Waals surface area contributed by atoms with Gasteiger partial charge in [0.2, 0.25) is 0 Å². The molecule has 0 aromatic carbocycles. The van der Waals surface area contributed by atoms with E-state index in [9.17, 15) is 0 Å². The maximum Gasteiger partial charge on any atom is 0.191 e. The number of ether oxygens (including phenoxy) is 2. The number of aliphatic imine (C=N–C) groups is 1. The maximum atomic E-state index is 5.81. The molecule has 0 aromatic rings. The van der Waals surface area contributed by atoms with Gasteiger partial charge >= 0.3 is 0 Å². The van der Waals surface area contributed by atoms with Crippen molar-refractivity contribution in [1.29, 1.82) is 0 Å². The first kappa shape index (κ1) is 23.0. The summed E-state index contributed by atoms with van der Waals surface area (Å²) >= 11 is 0. The van der Waals surface area contributed by atoms with Crippen molar-refractivity contribution in [3.8, 4) is 0 Å². The van der Waals surface area contributed by atoms with Crippen molar-refractivity contribution in [3.63, 3.8) is 0 Å². The van der Waals surface area contributed by atoms with E-state index in [0.717, 1.165) is 70.7 Å². The van der Waals surface area contributed by atoms with Crippen molar-refractivity contribution in [1.82, 2.24) is 10.6 Å². The molecule has 2 unspecified atom stereocenters. The highest BCUT2D eigenvalue weighted by molar-refractivity contribution is 14.0. The van der Waals surface area contributed by atoms with Crippen LogP contribution in [0.5, 0.6) is 0 Å². The van der Waals surface area contributed by atoms with Crippen molar-refractivity contribution in [2.45, 2.75) is 64.8 Å². The molecule has 0 amide bonds. The lowest BCUT2D eigenvalue weighted by Gasteiger charge is -2.28. The van der Waals surface area contributed by atoms with Gasteiger partial charge in [-0.15, -0.1) is 24.0 Å². The second kappa shape index (κ2) is 14.0. The van der Waals surface area contributed by atoms with Crippen LogP contribution < -0.4 is 10.6 Å². The zero-order valence-corrected chi connectivity index (χ0v) is 18.4. The average Bonchev–Trinajstić information content (AvgIpc) is 2.59. The van der Waals surface area contributed by atoms with Gasteiger partial charge in [0.05, 0.1) is 0 Å². The molecule has 1 aliphatic heterocycles. The molecule has 0 radical (unpaired) electrons. The van der Waals surface area contributed by atoms with Gasteiger partial charge in [0.15, 0.2) is 5.96 Å². The Morgan fingerprint density at radius 3 is 2.72 bits per heavy atom. The Balaban J connectivity index is 0.00000312. The number of nitrogens with one attached hydrogen (secondary N) is 2. The fourth-order valence-corrected chi connectivity index (χ4v) is 3.60. The molecule has 1 saturated carbocycles. The topological polar surface area (TPSA) is 54.9 Å². The van der Waals surface area contributed by atoms with Crippen molar-refractivity contribution < 1.29 is 9.47 Å². The highest BCUT2D eigenvalue weighted by Crippen LogP contribution is 2.23. The van der Waals surface area contributed by atoms with Crippen molar-refractivity contribution >= 4 is 29.9 Å². The van der Waals surface area contributed by atoms with Gasteiger partial charge in [0.1, 0.15) is 0 Å². The molecule has 5 nitrogen and oxygen atoms in total. The molecule has 2 N–H and O–H groups in total. The third kappa shape index (κ3) is 9.99. The van der Waals surface area contributed by atoms with E-state index in [1.807, 2.05) is 0 Å². The minimum Gasteiger partial charge on any atom is -0.381 e. The van der Waals surface area contributed by atoms with Crippen LogP contribution in [0, 0.1) is 11.8 Å². The molecule has 2 atom stereocenters. The first-order valence-corrected chi connectivity index (χ1v) is 9.98. The highest BCUT2D eigenvalue weighted by atomic mass is 127. The van der Waals surface area contributed by atoms with Gasteiger partial charge in [-0.3, -0.25) is 4.99 Å². The molecule has 0 spiro atoms. The van der Waals surface area contributed by atoms with Crippen LogP contribution >= 0.6 is 24.0 Å². The number of halogens is 1. The van der Waals surface area contributed by atoms with Gasteiger partial charge in [-0.2, -0.15) is 0 Å². The third-order valence-electron chi connectivity index (χ3n) is 5.03. The number of guanidine groups is 1. The fourth-order valence-electron chi connectivity index (χ4n) is 3.60. The van der Waals surface area contributed by atoms with Gasteiger partial charge in [0.25, 0.3) is 0 Å². The molecule has 1 aliphatic carbocycles. The molecule has 2 rings (SSSR count). The number of hydrogen-bond donors (Lipinski definition) is 2. The summed E-state index contributed by atoms with van der Waals surface area (Å²) in [6.45, 7) is 9.70. The predicted octanol–water partition coefficient (Wildman–Crippen LogP) is 3.57. The molecule has 148 valence electrons. The normalized spacial score (nSPS) is 25.3. The molecule has 1 heterocycles. The molecule has 1 saturated heterocycles. The fraction of sp³-hybridized carbons (Fsp3) is 0.947. The number of rotatable bonds is 8. The molecule has 0 aromatic heterocycles. The Kier molecular flexibility index (Phi) is 12.9. The molecule has 2 aliphatic rings. The Bertz CT molecular complexity index is 363. The van der Waals surface area contributed by atoms with Crippen LogP contribution in [0.25, 0.3) is 0 Å². The summed E-state index contributed by atoms with van der Waals surface area (Å²) in [4.78, 5) is 4.71. The van der Waals surface area contributed by atoms with Crippen LogP contribution in [-0.4, -0.2) is 51.5 Å². The van der Waals surface area contributed by atoms with Crippen molar-refractivity contribution in [2.24, 2.45) is 16.8 Å². The molecule has 6 heteroatoms. The first-order chi connectivity index (χ1) is 11.8. The number of hydrogen-bond acceptors (Lipinski definition) is 3. The second-order valence-electron chi connectivity index (χ2n) is 7.36. The Labute approximate surface area is 171 Å². The van der Waals surface area contributed by atoms with Crippen LogP contribution in [0.15, 0.2) is 4.99 Å². The summed E-state index contributed by atoms with van der Waals surface area (Å²) in [5.41, 5.74) is 0. The Morgan fingerprint density at radius 1 is 1.20 bits per heavy atom. The van der Waals surface area contributed by atoms with Crippen molar-refractivity contribution in [3.05, 3.63) is 0 Å². The van der Waals surface area contributed by atoms with E-state index in [2.05, 4.69) is 24.5 Å². The lowest BCUT2D eigenvalue weighted by Crippen LogP contribution is -2.45. The summed E-state index contributed by atoms with van der Waals surface area (Å²) in [6, 6.07) is 0.580. The summed E-state index contributed by atoms with van der Waals surface area (Å²) in [5, 5.41) is 6.99. The summed E-state index contributed by atoms with van der Waals surface area (Å²) in [5.74, 6) is 2.49. The van der Waals surface area contributed by atoms with Gasteiger partial charge in [-0.25, -0.2) is 0 Å². The predicted molar refractivity (Wildman–Crippen MR) is 115 cm³/mol. The van der Waals surface area contributed by atoms with E-state index in [1.54, 1.807) is 0 Å². The molecular weight excluding hydrogens is 429 g/mol. The minimum atomic E-state index is 0. The van der Waals surface area contributed by atoms with E-state index >= 15 is 0 Å². The summed E-state index contributed by atoms with van der Waals surface area (Å²) in [7, 11) is 0. The minimum absolute atomic E-state index is 0. The highest BCUT2D eigenvalue weighted by Gasteiger charge is 2.19. The molecule has 0 bridgehead atoms. The lowest BCUT2D eigenvalue weighted by molar-refractivity contribution is 0.0205. The second-order valence-corrected chi connectivity index (χ2v) is 7.36. The van der Waals surface area contributed by atoms with Crippen LogP contribution in [0.3, 0.4) is 0 Å². The molecule has 2 fully saturated rings. The van der Waals surface area contributed by atoms with E-state index in [-0.39, 0.29) is 24.0 Å². The average molecular weight is 467 g/mol. The quantitative estimate of drug-likeness (QED) is 0.248. The van der Waals surface area contributed by atoms with Crippen LogP contribution in [0.2, 0.25) is 0 Å². The standard InChI is InChI=1S/C19H37N3O2.HI/c1-3-20-19(22-18-7-4-6-16(2)14-18)21-10-5-11-24-15-17-8-12-23-13-9-17;/h16-18H,3-15H2,1-2H3,(H2,20,21,22);1H. The SMILES string of the molecule is CCNC(=NCCCOCC1CCOCC1)NC1CCCC(C)C1.I. The summed E-state index contributed by atoms with van der Waals surface area (Å²) in [6.07, 6.45) is 8.51. The van der Waals surface area contributed by atoms with Gasteiger partial charge in [0, 0.05) is 45.6 Å². The maximum absolute atomic E-state index is 5.81. The largest absolute Gasteiger partial charge is 0.381 e. The van der Waals surface area contributed by atoms with Crippen LogP contribution in [0.4, 0.5) is 0 Å². The molecule has 25 heavy (non-hydrogen) atoms. The molecular formula is C19H38IN3O2. The van der Waals surface area contributed by atoms with Crippen LogP contribution in [0.1, 0.15) is 58.8 Å². The van der Waals surface area contributed by atoms with Gasteiger partial charge in [-0.1, -0.05) is 19.8 Å². The Morgan fingerprint density at radius 2 is 2.00 bits per heavy atom. The zero-order chi connectivity index (χ0) is 17.0. The van der Waals surface area contributed by atoms with Gasteiger partial charge < -0.3 is 20.1 Å². The third-order valence-corrected chi connectivity index (χ3v) is 5.03. The monoisotopic (exact) mass is 467 g/mol. The first-order valence-electron chi connectivity index (χ1n) is 9.98. The van der Waals surface area contributed by atoms with Gasteiger partial charge in [-0.05, 0) is 50.9 Å². The van der Waals surface area contributed by atoms with E-state index in [4.69, 9.17) is 14.5 Å². The number of nitrogens with zero attached hydrogens (tertiary/aromatic N) is 1. The lowest BCUT2D eigenvalue weighted by atomic mass is 9.87. The zero-order valence-electron chi connectivity index (χ0n) is 16.1. The van der Waals surface area contributed by atoms with Crippen molar-refractivity contribution in [2.75, 3.05) is 39.5 Å². The Hall–Kier alpha value is -0.0800.